The van der Waals surface area contributed by atoms with Crippen LogP contribution in [-0.4, -0.2) is 11.2 Å². The van der Waals surface area contributed by atoms with Gasteiger partial charge in [-0.15, -0.1) is 0 Å². The van der Waals surface area contributed by atoms with Crippen LogP contribution in [0.25, 0.3) is 11.3 Å². The third-order valence-electron chi connectivity index (χ3n) is 2.17. The molecule has 1 heterocycles. The molecule has 17 heavy (non-hydrogen) atoms. The Bertz CT molecular complexity index is 591. The predicted molar refractivity (Wildman–Crippen MR) is 63.9 cm³/mol. The topological polar surface area (TPSA) is 73.3 Å². The van der Waals surface area contributed by atoms with Crippen molar-refractivity contribution in [3.8, 4) is 11.3 Å². The number of nitro groups is 1. The van der Waals surface area contributed by atoms with E-state index < -0.39 is 4.92 Å². The summed E-state index contributed by atoms with van der Waals surface area (Å²) in [7, 11) is 0. The summed E-state index contributed by atoms with van der Waals surface area (Å²) in [6, 6.07) is 7.69. The summed E-state index contributed by atoms with van der Waals surface area (Å²) < 4.78 is 5.58. The Morgan fingerprint density at radius 2 is 2.06 bits per heavy atom. The second kappa shape index (κ2) is 4.50. The molecule has 0 aliphatic carbocycles. The van der Waals surface area contributed by atoms with Gasteiger partial charge in [-0.25, -0.2) is 0 Å². The van der Waals surface area contributed by atoms with E-state index in [2.05, 4.69) is 15.9 Å². The van der Waals surface area contributed by atoms with Crippen molar-refractivity contribution >= 4 is 27.9 Å². The van der Waals surface area contributed by atoms with E-state index >= 15 is 0 Å². The van der Waals surface area contributed by atoms with E-state index in [-0.39, 0.29) is 11.4 Å². The maximum Gasteiger partial charge on any atom is 0.283 e. The Kier molecular flexibility index (Phi) is 3.06. The number of rotatable bonds is 3. The maximum absolute atomic E-state index is 10.6. The normalized spacial score (nSPS) is 10.2. The summed E-state index contributed by atoms with van der Waals surface area (Å²) in [5.74, 6) is 0.706. The quantitative estimate of drug-likeness (QED) is 0.494. The number of nitrogens with zero attached hydrogens (tertiary/aromatic N) is 1. The van der Waals surface area contributed by atoms with Gasteiger partial charge in [0.05, 0.1) is 9.40 Å². The number of halogens is 1. The summed E-state index contributed by atoms with van der Waals surface area (Å²) in [5.41, 5.74) is 0.645. The summed E-state index contributed by atoms with van der Waals surface area (Å²) in [4.78, 5) is 20.6. The molecule has 1 aromatic carbocycles. The van der Waals surface area contributed by atoms with E-state index in [0.29, 0.717) is 22.1 Å². The van der Waals surface area contributed by atoms with Crippen molar-refractivity contribution in [3.05, 3.63) is 50.7 Å². The molecule has 2 aromatic rings. The van der Waals surface area contributed by atoms with Gasteiger partial charge >= 0.3 is 0 Å². The molecule has 0 saturated heterocycles. The van der Waals surface area contributed by atoms with Gasteiger partial charge in [0.1, 0.15) is 5.76 Å². The zero-order valence-electron chi connectivity index (χ0n) is 8.42. The van der Waals surface area contributed by atoms with E-state index in [0.717, 1.165) is 0 Å². The highest BCUT2D eigenvalue weighted by atomic mass is 79.9. The molecule has 0 N–H and O–H groups in total. The standard InChI is InChI=1S/C11H6BrNO4/c12-9-5-7(1-3-10(9)13(15)16)11-4-2-8(6-14)17-11/h1-6H. The third-order valence-corrected chi connectivity index (χ3v) is 2.81. The molecule has 0 aliphatic heterocycles. The summed E-state index contributed by atoms with van der Waals surface area (Å²) in [5, 5.41) is 10.6. The molecular formula is C11H6BrNO4. The molecule has 0 aliphatic rings. The van der Waals surface area contributed by atoms with E-state index in [9.17, 15) is 14.9 Å². The second-order valence-electron chi connectivity index (χ2n) is 3.24. The first-order valence-corrected chi connectivity index (χ1v) is 5.40. The Labute approximate surface area is 104 Å². The fourth-order valence-electron chi connectivity index (χ4n) is 1.38. The van der Waals surface area contributed by atoms with E-state index in [1.807, 2.05) is 0 Å². The van der Waals surface area contributed by atoms with Crippen LogP contribution in [0.1, 0.15) is 10.6 Å². The van der Waals surface area contributed by atoms with Crippen molar-refractivity contribution in [2.75, 3.05) is 0 Å². The Hall–Kier alpha value is -1.95. The Balaban J connectivity index is 2.43. The van der Waals surface area contributed by atoms with Crippen molar-refractivity contribution in [1.29, 1.82) is 0 Å². The molecule has 0 spiro atoms. The largest absolute Gasteiger partial charge is 0.453 e. The molecule has 0 atom stereocenters. The van der Waals surface area contributed by atoms with Crippen molar-refractivity contribution < 1.29 is 14.1 Å². The monoisotopic (exact) mass is 295 g/mol. The van der Waals surface area contributed by atoms with Crippen molar-refractivity contribution in [2.45, 2.75) is 0 Å². The Morgan fingerprint density at radius 3 is 2.59 bits per heavy atom. The van der Waals surface area contributed by atoms with Crippen LogP contribution in [0, 0.1) is 10.1 Å². The number of carbonyl (C=O) groups excluding carboxylic acids is 1. The zero-order valence-corrected chi connectivity index (χ0v) is 10.0. The van der Waals surface area contributed by atoms with Gasteiger partial charge in [-0.1, -0.05) is 0 Å². The molecular weight excluding hydrogens is 290 g/mol. The van der Waals surface area contributed by atoms with Gasteiger partial charge in [0, 0.05) is 11.6 Å². The molecule has 5 nitrogen and oxygen atoms in total. The highest BCUT2D eigenvalue weighted by Crippen LogP contribution is 2.31. The number of furan rings is 1. The van der Waals surface area contributed by atoms with E-state index in [1.54, 1.807) is 18.2 Å². The van der Waals surface area contributed by atoms with Crippen LogP contribution in [-0.2, 0) is 0 Å². The Morgan fingerprint density at radius 1 is 1.29 bits per heavy atom. The SMILES string of the molecule is O=Cc1ccc(-c2ccc([N+](=O)[O-])c(Br)c2)o1. The van der Waals surface area contributed by atoms with Crippen LogP contribution in [0.15, 0.2) is 39.2 Å². The molecule has 1 aromatic heterocycles. The number of carbonyl (C=O) groups is 1. The first kappa shape index (κ1) is 11.5. The lowest BCUT2D eigenvalue weighted by atomic mass is 10.1. The molecule has 86 valence electrons. The first-order valence-electron chi connectivity index (χ1n) is 4.61. The number of aldehydes is 1. The molecule has 0 amide bonds. The minimum Gasteiger partial charge on any atom is -0.453 e. The van der Waals surface area contributed by atoms with Gasteiger partial charge in [-0.2, -0.15) is 0 Å². The number of hydrogen-bond acceptors (Lipinski definition) is 4. The lowest BCUT2D eigenvalue weighted by Gasteiger charge is -1.99. The summed E-state index contributed by atoms with van der Waals surface area (Å²) in [6.45, 7) is 0. The second-order valence-corrected chi connectivity index (χ2v) is 4.10. The van der Waals surface area contributed by atoms with Crippen LogP contribution in [0.4, 0.5) is 5.69 Å². The zero-order chi connectivity index (χ0) is 12.4. The van der Waals surface area contributed by atoms with Crippen molar-refractivity contribution in [2.24, 2.45) is 0 Å². The fourth-order valence-corrected chi connectivity index (χ4v) is 1.90. The van der Waals surface area contributed by atoms with Gasteiger partial charge in [0.25, 0.3) is 5.69 Å². The maximum atomic E-state index is 10.6. The fraction of sp³-hybridized carbons (Fsp3) is 0. The molecule has 0 unspecified atom stereocenters. The number of hydrogen-bond donors (Lipinski definition) is 0. The number of benzene rings is 1. The van der Waals surface area contributed by atoms with Gasteiger partial charge in [0.15, 0.2) is 12.0 Å². The number of nitro benzene ring substituents is 1. The molecule has 0 saturated carbocycles. The van der Waals surface area contributed by atoms with E-state index in [4.69, 9.17) is 4.42 Å². The lowest BCUT2D eigenvalue weighted by Crippen LogP contribution is -1.89. The van der Waals surface area contributed by atoms with Gasteiger partial charge < -0.3 is 4.42 Å². The van der Waals surface area contributed by atoms with Crippen LogP contribution in [0.2, 0.25) is 0 Å². The molecule has 2 rings (SSSR count). The average Bonchev–Trinajstić information content (AvgIpc) is 2.76. The molecule has 6 heteroatoms. The van der Waals surface area contributed by atoms with Crippen LogP contribution < -0.4 is 0 Å². The van der Waals surface area contributed by atoms with Gasteiger partial charge in [-0.3, -0.25) is 14.9 Å². The lowest BCUT2D eigenvalue weighted by molar-refractivity contribution is -0.385. The van der Waals surface area contributed by atoms with Crippen molar-refractivity contribution in [3.63, 3.8) is 0 Å². The first-order chi connectivity index (χ1) is 8.11. The van der Waals surface area contributed by atoms with E-state index in [1.165, 1.54) is 12.1 Å². The molecule has 0 bridgehead atoms. The minimum absolute atomic E-state index is 0.0177. The van der Waals surface area contributed by atoms with Crippen molar-refractivity contribution in [1.82, 2.24) is 0 Å². The van der Waals surface area contributed by atoms with Crippen LogP contribution in [0.5, 0.6) is 0 Å². The summed E-state index contributed by atoms with van der Waals surface area (Å²) >= 11 is 3.12. The molecule has 0 radical (unpaired) electrons. The van der Waals surface area contributed by atoms with Crippen LogP contribution >= 0.6 is 15.9 Å². The predicted octanol–water partition coefficient (Wildman–Crippen LogP) is 3.43. The highest BCUT2D eigenvalue weighted by Gasteiger charge is 2.13. The summed E-state index contributed by atoms with van der Waals surface area (Å²) in [6.07, 6.45) is 0.601. The minimum atomic E-state index is -0.479. The highest BCUT2D eigenvalue weighted by molar-refractivity contribution is 9.10. The van der Waals surface area contributed by atoms with Gasteiger partial charge in [0.2, 0.25) is 0 Å². The third kappa shape index (κ3) is 2.26. The van der Waals surface area contributed by atoms with Crippen LogP contribution in [0.3, 0.4) is 0 Å². The smallest absolute Gasteiger partial charge is 0.283 e. The van der Waals surface area contributed by atoms with Gasteiger partial charge in [-0.05, 0) is 40.2 Å². The average molecular weight is 296 g/mol. The molecule has 0 fully saturated rings.